The van der Waals surface area contributed by atoms with E-state index in [2.05, 4.69) is 40.9 Å². The number of aryl methyl sites for hydroxylation is 1. The van der Waals surface area contributed by atoms with Crippen molar-refractivity contribution in [2.45, 2.75) is 71.4 Å². The van der Waals surface area contributed by atoms with E-state index in [1.54, 1.807) is 6.33 Å². The summed E-state index contributed by atoms with van der Waals surface area (Å²) in [5.41, 5.74) is 0.203. The third-order valence-corrected chi connectivity index (χ3v) is 4.49. The Bertz CT molecular complexity index is 375. The molecule has 108 valence electrons. The van der Waals surface area contributed by atoms with Crippen LogP contribution in [0.4, 0.5) is 0 Å². The van der Waals surface area contributed by atoms with Gasteiger partial charge in [0.2, 0.25) is 0 Å². The molecule has 1 aromatic rings. The molecular weight excluding hydrogens is 236 g/mol. The summed E-state index contributed by atoms with van der Waals surface area (Å²) < 4.78 is 2.08. The molecule has 0 aliphatic carbocycles. The Kier molecular flexibility index (Phi) is 4.97. The summed E-state index contributed by atoms with van der Waals surface area (Å²) >= 11 is 0. The van der Waals surface area contributed by atoms with Crippen LogP contribution in [0, 0.1) is 5.92 Å². The van der Waals surface area contributed by atoms with E-state index in [1.165, 1.54) is 25.7 Å². The smallest absolute Gasteiger partial charge is 0.138 e. The highest BCUT2D eigenvalue weighted by Crippen LogP contribution is 2.30. The lowest BCUT2D eigenvalue weighted by atomic mass is 9.79. The molecule has 4 nitrogen and oxygen atoms in total. The molecule has 1 fully saturated rings. The summed E-state index contributed by atoms with van der Waals surface area (Å²) in [7, 11) is 0. The molecule has 4 heteroatoms. The fraction of sp³-hybridized carbons (Fsp3) is 0.867. The molecule has 1 saturated heterocycles. The van der Waals surface area contributed by atoms with E-state index in [9.17, 15) is 0 Å². The first-order valence-electron chi connectivity index (χ1n) is 7.79. The zero-order chi connectivity index (χ0) is 13.7. The van der Waals surface area contributed by atoms with Crippen molar-refractivity contribution in [1.82, 2.24) is 20.1 Å². The Hall–Kier alpha value is -0.900. The summed E-state index contributed by atoms with van der Waals surface area (Å²) in [6.45, 7) is 8.97. The van der Waals surface area contributed by atoms with Crippen LogP contribution in [-0.2, 0) is 13.0 Å². The number of hydrogen-bond acceptors (Lipinski definition) is 3. The molecule has 0 bridgehead atoms. The fourth-order valence-corrected chi connectivity index (χ4v) is 3.12. The SMILES string of the molecule is CCCn1ncnc1CC1(C(C)C)CCCCCN1. The maximum Gasteiger partial charge on any atom is 0.138 e. The molecule has 1 aromatic heterocycles. The minimum atomic E-state index is 0.203. The van der Waals surface area contributed by atoms with Gasteiger partial charge < -0.3 is 5.32 Å². The van der Waals surface area contributed by atoms with Gasteiger partial charge in [0.25, 0.3) is 0 Å². The quantitative estimate of drug-likeness (QED) is 0.889. The first kappa shape index (κ1) is 14.5. The molecule has 2 rings (SSSR count). The molecule has 19 heavy (non-hydrogen) atoms. The molecule has 0 aromatic carbocycles. The zero-order valence-electron chi connectivity index (χ0n) is 12.7. The summed E-state index contributed by atoms with van der Waals surface area (Å²) in [6.07, 6.45) is 9.05. The highest BCUT2D eigenvalue weighted by molar-refractivity contribution is 5.02. The number of hydrogen-bond donors (Lipinski definition) is 1. The van der Waals surface area contributed by atoms with E-state index in [4.69, 9.17) is 0 Å². The number of aromatic nitrogens is 3. The molecule has 0 spiro atoms. The van der Waals surface area contributed by atoms with Crippen molar-refractivity contribution in [1.29, 1.82) is 0 Å². The third kappa shape index (κ3) is 3.35. The molecule has 2 heterocycles. The summed E-state index contributed by atoms with van der Waals surface area (Å²) in [5.74, 6) is 1.77. The number of rotatable bonds is 5. The van der Waals surface area contributed by atoms with Crippen LogP contribution in [0.2, 0.25) is 0 Å². The van der Waals surface area contributed by atoms with E-state index in [0.717, 1.165) is 31.8 Å². The minimum absolute atomic E-state index is 0.203. The topological polar surface area (TPSA) is 42.7 Å². The average molecular weight is 264 g/mol. The van der Waals surface area contributed by atoms with E-state index in [0.29, 0.717) is 5.92 Å². The van der Waals surface area contributed by atoms with Gasteiger partial charge in [-0.25, -0.2) is 4.98 Å². The predicted molar refractivity (Wildman–Crippen MR) is 78.1 cm³/mol. The van der Waals surface area contributed by atoms with Crippen LogP contribution < -0.4 is 5.32 Å². The highest BCUT2D eigenvalue weighted by Gasteiger charge is 2.35. The number of nitrogens with zero attached hydrogens (tertiary/aromatic N) is 3. The van der Waals surface area contributed by atoms with E-state index >= 15 is 0 Å². The van der Waals surface area contributed by atoms with Crippen LogP contribution in [0.1, 0.15) is 58.7 Å². The maximum absolute atomic E-state index is 4.50. The Morgan fingerprint density at radius 2 is 2.21 bits per heavy atom. The minimum Gasteiger partial charge on any atom is -0.311 e. The molecule has 0 saturated carbocycles. The lowest BCUT2D eigenvalue weighted by molar-refractivity contribution is 0.219. The van der Waals surface area contributed by atoms with Gasteiger partial charge in [0, 0.05) is 18.5 Å². The second-order valence-electron chi connectivity index (χ2n) is 6.12. The predicted octanol–water partition coefficient (Wildman–Crippen LogP) is 2.79. The van der Waals surface area contributed by atoms with E-state index in [-0.39, 0.29) is 5.54 Å². The van der Waals surface area contributed by atoms with Crippen molar-refractivity contribution in [2.75, 3.05) is 6.54 Å². The van der Waals surface area contributed by atoms with Crippen LogP contribution >= 0.6 is 0 Å². The molecule has 0 amide bonds. The summed E-state index contributed by atoms with van der Waals surface area (Å²) in [5, 5.41) is 8.18. The van der Waals surface area contributed by atoms with Gasteiger partial charge in [0.05, 0.1) is 0 Å². The van der Waals surface area contributed by atoms with Gasteiger partial charge in [-0.1, -0.05) is 33.6 Å². The van der Waals surface area contributed by atoms with Crippen LogP contribution in [-0.4, -0.2) is 26.8 Å². The van der Waals surface area contributed by atoms with Crippen LogP contribution in [0.3, 0.4) is 0 Å². The van der Waals surface area contributed by atoms with Crippen LogP contribution in [0.25, 0.3) is 0 Å². The summed E-state index contributed by atoms with van der Waals surface area (Å²) in [6, 6.07) is 0. The first-order valence-corrected chi connectivity index (χ1v) is 7.79. The van der Waals surface area contributed by atoms with Crippen LogP contribution in [0.15, 0.2) is 6.33 Å². The maximum atomic E-state index is 4.50. The van der Waals surface area contributed by atoms with Gasteiger partial charge in [-0.3, -0.25) is 4.68 Å². The van der Waals surface area contributed by atoms with Crippen molar-refractivity contribution < 1.29 is 0 Å². The largest absolute Gasteiger partial charge is 0.311 e. The molecular formula is C15H28N4. The highest BCUT2D eigenvalue weighted by atomic mass is 15.3. The normalized spacial score (nSPS) is 24.6. The van der Waals surface area contributed by atoms with Crippen molar-refractivity contribution in [3.8, 4) is 0 Å². The van der Waals surface area contributed by atoms with Gasteiger partial charge >= 0.3 is 0 Å². The summed E-state index contributed by atoms with van der Waals surface area (Å²) in [4.78, 5) is 4.50. The first-order chi connectivity index (χ1) is 9.18. The van der Waals surface area contributed by atoms with E-state index in [1.807, 2.05) is 0 Å². The van der Waals surface area contributed by atoms with Crippen molar-refractivity contribution in [3.63, 3.8) is 0 Å². The molecule has 1 atom stereocenters. The van der Waals surface area contributed by atoms with Crippen LogP contribution in [0.5, 0.6) is 0 Å². The number of nitrogens with one attached hydrogen (secondary N) is 1. The van der Waals surface area contributed by atoms with Crippen molar-refractivity contribution >= 4 is 0 Å². The molecule has 1 N–H and O–H groups in total. The second kappa shape index (κ2) is 6.51. The molecule has 1 aliphatic rings. The van der Waals surface area contributed by atoms with Gasteiger partial charge in [-0.15, -0.1) is 0 Å². The third-order valence-electron chi connectivity index (χ3n) is 4.49. The zero-order valence-corrected chi connectivity index (χ0v) is 12.7. The lowest BCUT2D eigenvalue weighted by Gasteiger charge is -2.37. The standard InChI is InChI=1S/C15H28N4/c1-4-10-19-14(16-12-18-19)11-15(13(2)3)8-6-5-7-9-17-15/h12-13,17H,4-11H2,1-3H3. The van der Waals surface area contributed by atoms with Gasteiger partial charge in [-0.2, -0.15) is 5.10 Å². The van der Waals surface area contributed by atoms with E-state index < -0.39 is 0 Å². The van der Waals surface area contributed by atoms with Gasteiger partial charge in [-0.05, 0) is 31.7 Å². The van der Waals surface area contributed by atoms with Gasteiger partial charge in [0.1, 0.15) is 12.2 Å². The Balaban J connectivity index is 2.17. The van der Waals surface area contributed by atoms with Gasteiger partial charge in [0.15, 0.2) is 0 Å². The second-order valence-corrected chi connectivity index (χ2v) is 6.12. The fourth-order valence-electron chi connectivity index (χ4n) is 3.12. The molecule has 1 aliphatic heterocycles. The molecule has 1 unspecified atom stereocenters. The molecule has 0 radical (unpaired) electrons. The monoisotopic (exact) mass is 264 g/mol. The Morgan fingerprint density at radius 1 is 1.37 bits per heavy atom. The average Bonchev–Trinajstić information content (AvgIpc) is 2.66. The lowest BCUT2D eigenvalue weighted by Crippen LogP contribution is -2.51. The Morgan fingerprint density at radius 3 is 2.95 bits per heavy atom. The van der Waals surface area contributed by atoms with Crippen molar-refractivity contribution in [2.24, 2.45) is 5.92 Å². The van der Waals surface area contributed by atoms with Crippen molar-refractivity contribution in [3.05, 3.63) is 12.2 Å². The Labute approximate surface area is 117 Å².